The van der Waals surface area contributed by atoms with Crippen LogP contribution in [0.5, 0.6) is 0 Å². The van der Waals surface area contributed by atoms with Crippen LogP contribution in [0.1, 0.15) is 103 Å². The molecule has 0 radical (unpaired) electrons. The van der Waals surface area contributed by atoms with Gasteiger partial charge in [0.15, 0.2) is 0 Å². The molecule has 30 heavy (non-hydrogen) atoms. The Morgan fingerprint density at radius 3 is 1.63 bits per heavy atom. The molecule has 0 saturated carbocycles. The van der Waals surface area contributed by atoms with Crippen molar-refractivity contribution in [1.82, 2.24) is 4.90 Å². The fourth-order valence-corrected chi connectivity index (χ4v) is 3.73. The zero-order valence-electron chi connectivity index (χ0n) is 20.3. The minimum atomic E-state index is -4.89. The van der Waals surface area contributed by atoms with Crippen LogP contribution >= 0.6 is 7.82 Å². The second kappa shape index (κ2) is 25.6. The number of rotatable bonds is 21. The zero-order valence-corrected chi connectivity index (χ0v) is 25.2. The summed E-state index contributed by atoms with van der Waals surface area (Å²) in [5.41, 5.74) is 0. The van der Waals surface area contributed by atoms with Gasteiger partial charge in [-0.25, -0.2) is 0 Å². The molecule has 6 nitrogen and oxygen atoms in total. The van der Waals surface area contributed by atoms with Gasteiger partial charge in [0, 0.05) is 13.1 Å². The van der Waals surface area contributed by atoms with Gasteiger partial charge >= 0.3 is 59.1 Å². The van der Waals surface area contributed by atoms with Crippen LogP contribution in [0, 0.1) is 0 Å². The Bertz CT molecular complexity index is 388. The van der Waals surface area contributed by atoms with Crippen molar-refractivity contribution in [3.8, 4) is 0 Å². The second-order valence-electron chi connectivity index (χ2n) is 8.08. The largest absolute Gasteiger partial charge is 1.00 e. The Morgan fingerprint density at radius 2 is 1.23 bits per heavy atom. The van der Waals surface area contributed by atoms with Crippen LogP contribution in [0.2, 0.25) is 0 Å². The maximum Gasteiger partial charge on any atom is 1.00 e. The molecule has 1 unspecified atom stereocenters. The fraction of sp³-hybridized carbons (Fsp3) is 1.00. The topological polar surface area (TPSA) is 95.9 Å². The van der Waals surface area contributed by atoms with Gasteiger partial charge < -0.3 is 28.9 Å². The first-order valence-corrected chi connectivity index (χ1v) is 12.8. The Kier molecular flexibility index (Phi) is 31.3. The number of hydrogen-bond donors (Lipinski definition) is 1. The van der Waals surface area contributed by atoms with E-state index in [2.05, 4.69) is 11.4 Å². The summed E-state index contributed by atoms with van der Waals surface area (Å²) in [5, 5.41) is 10.0. The van der Waals surface area contributed by atoms with Crippen molar-refractivity contribution in [2.24, 2.45) is 0 Å². The number of phosphoric acid groups is 1. The Morgan fingerprint density at radius 1 is 0.833 bits per heavy atom. The van der Waals surface area contributed by atoms with E-state index in [-0.39, 0.29) is 65.7 Å². The Hall–Kier alpha value is 2.03. The minimum Gasteiger partial charge on any atom is -0.790 e. The normalized spacial score (nSPS) is 12.5. The SMILES string of the molecule is CCCCCCCCCCCCCCCCC(O)CN(C)CCOP(=O)([O-])[O-].[Na+].[Na+]. The van der Waals surface area contributed by atoms with E-state index in [4.69, 9.17) is 0 Å². The summed E-state index contributed by atoms with van der Waals surface area (Å²) in [6.07, 6.45) is 18.8. The Balaban J connectivity index is -0.00000364. The van der Waals surface area contributed by atoms with Gasteiger partial charge in [-0.2, -0.15) is 0 Å². The second-order valence-corrected chi connectivity index (χ2v) is 9.23. The number of nitrogens with zero attached hydrogens (tertiary/aromatic N) is 1. The van der Waals surface area contributed by atoms with E-state index in [0.29, 0.717) is 13.1 Å². The van der Waals surface area contributed by atoms with Gasteiger partial charge in [-0.1, -0.05) is 96.8 Å². The average Bonchev–Trinajstić information content (AvgIpc) is 2.60. The van der Waals surface area contributed by atoms with Gasteiger partial charge in [-0.3, -0.25) is 0 Å². The predicted octanol–water partition coefficient (Wildman–Crippen LogP) is -2.00. The summed E-state index contributed by atoms with van der Waals surface area (Å²) in [4.78, 5) is 22.5. The summed E-state index contributed by atoms with van der Waals surface area (Å²) in [5.74, 6) is 0. The molecular weight excluding hydrogens is 423 g/mol. The molecule has 0 aromatic rings. The van der Waals surface area contributed by atoms with Gasteiger partial charge in [0.05, 0.1) is 20.5 Å². The number of phosphoric ester groups is 1. The molecule has 0 saturated heterocycles. The third-order valence-corrected chi connectivity index (χ3v) is 5.63. The number of aliphatic hydroxyl groups is 1. The molecule has 0 aromatic heterocycles. The minimum absolute atomic E-state index is 0. The fourth-order valence-electron chi connectivity index (χ4n) is 3.43. The number of hydrogen-bond acceptors (Lipinski definition) is 6. The third kappa shape index (κ3) is 30.0. The summed E-state index contributed by atoms with van der Waals surface area (Å²) in [6.45, 7) is 2.87. The molecule has 0 heterocycles. The molecule has 0 spiro atoms. The van der Waals surface area contributed by atoms with Crippen molar-refractivity contribution in [1.29, 1.82) is 0 Å². The molecule has 9 heteroatoms. The van der Waals surface area contributed by atoms with Crippen molar-refractivity contribution in [3.63, 3.8) is 0 Å². The van der Waals surface area contributed by atoms with E-state index in [1.165, 1.54) is 77.0 Å². The van der Waals surface area contributed by atoms with Crippen LogP contribution < -0.4 is 68.9 Å². The quantitative estimate of drug-likeness (QED) is 0.119. The third-order valence-electron chi connectivity index (χ3n) is 5.14. The van der Waals surface area contributed by atoms with Crippen LogP contribution in [-0.2, 0) is 9.09 Å². The molecule has 0 aliphatic carbocycles. The van der Waals surface area contributed by atoms with Gasteiger partial charge in [-0.15, -0.1) is 0 Å². The van der Waals surface area contributed by atoms with E-state index in [9.17, 15) is 19.5 Å². The molecule has 0 fully saturated rings. The van der Waals surface area contributed by atoms with Crippen molar-refractivity contribution in [2.75, 3.05) is 26.7 Å². The molecule has 0 aromatic carbocycles. The van der Waals surface area contributed by atoms with Gasteiger partial charge in [0.25, 0.3) is 0 Å². The van der Waals surface area contributed by atoms with E-state index in [0.717, 1.165) is 19.3 Å². The molecule has 0 amide bonds. The summed E-state index contributed by atoms with van der Waals surface area (Å²) in [7, 11) is -3.11. The molecule has 1 N–H and O–H groups in total. The van der Waals surface area contributed by atoms with Crippen molar-refractivity contribution in [2.45, 2.75) is 109 Å². The van der Waals surface area contributed by atoms with Crippen LogP contribution in [0.4, 0.5) is 0 Å². The van der Waals surface area contributed by atoms with E-state index >= 15 is 0 Å². The maximum atomic E-state index is 10.4. The molecule has 1 atom stereocenters. The molecule has 0 rings (SSSR count). The molecular formula is C21H44NNa2O5P. The van der Waals surface area contributed by atoms with Gasteiger partial charge in [0.2, 0.25) is 0 Å². The number of unbranched alkanes of at least 4 members (excludes halogenated alkanes) is 13. The smallest absolute Gasteiger partial charge is 0.790 e. The maximum absolute atomic E-state index is 10.4. The van der Waals surface area contributed by atoms with Crippen LogP contribution in [-0.4, -0.2) is 42.9 Å². The molecule has 170 valence electrons. The van der Waals surface area contributed by atoms with Crippen LogP contribution in [0.3, 0.4) is 0 Å². The Labute approximate surface area is 230 Å². The zero-order chi connectivity index (χ0) is 21.1. The summed E-state index contributed by atoms with van der Waals surface area (Å²) < 4.78 is 14.6. The van der Waals surface area contributed by atoms with Crippen LogP contribution in [0.25, 0.3) is 0 Å². The van der Waals surface area contributed by atoms with Crippen molar-refractivity contribution in [3.05, 3.63) is 0 Å². The van der Waals surface area contributed by atoms with Crippen molar-refractivity contribution < 1.29 is 83.1 Å². The monoisotopic (exact) mass is 467 g/mol. The molecule has 0 bridgehead atoms. The van der Waals surface area contributed by atoms with Crippen LogP contribution in [0.15, 0.2) is 0 Å². The molecule has 0 aliphatic heterocycles. The van der Waals surface area contributed by atoms with Gasteiger partial charge in [0.1, 0.15) is 0 Å². The first-order valence-electron chi connectivity index (χ1n) is 11.4. The average molecular weight is 468 g/mol. The predicted molar refractivity (Wildman–Crippen MR) is 112 cm³/mol. The van der Waals surface area contributed by atoms with E-state index in [1.54, 1.807) is 11.9 Å². The standard InChI is InChI=1S/C21H46NO5P.2Na/c1-3-4-5-6-7-8-9-10-11-12-13-14-15-16-17-21(23)20-22(2)18-19-27-28(24,25)26;;/h21,23H,3-20H2,1-2H3,(H2,24,25,26);;/q;2*+1/p-2. The number of likely N-dealkylation sites (N-methyl/N-ethyl adjacent to an activating group) is 1. The molecule has 0 aliphatic rings. The van der Waals surface area contributed by atoms with E-state index < -0.39 is 13.9 Å². The van der Waals surface area contributed by atoms with Crippen molar-refractivity contribution >= 4 is 7.82 Å². The number of aliphatic hydroxyl groups excluding tert-OH is 1. The van der Waals surface area contributed by atoms with Gasteiger partial charge in [-0.05, 0) is 13.5 Å². The van der Waals surface area contributed by atoms with E-state index in [1.807, 2.05) is 0 Å². The summed E-state index contributed by atoms with van der Waals surface area (Å²) >= 11 is 0. The summed E-state index contributed by atoms with van der Waals surface area (Å²) in [6, 6.07) is 0. The first kappa shape index (κ1) is 36.6. The first-order chi connectivity index (χ1) is 13.3.